The second-order valence-electron chi connectivity index (χ2n) is 5.13. The van der Waals surface area contributed by atoms with Gasteiger partial charge in [0.05, 0.1) is 12.0 Å². The summed E-state index contributed by atoms with van der Waals surface area (Å²) in [6.45, 7) is 5.71. The maximum atomic E-state index is 11.9. The van der Waals surface area contributed by atoms with Crippen molar-refractivity contribution >= 4 is 5.78 Å². The van der Waals surface area contributed by atoms with Gasteiger partial charge in [-0.25, -0.2) is 0 Å². The van der Waals surface area contributed by atoms with Crippen LogP contribution in [0.5, 0.6) is 5.75 Å². The molecule has 3 heteroatoms. The van der Waals surface area contributed by atoms with Gasteiger partial charge in [0.25, 0.3) is 0 Å². The molecule has 2 aliphatic heterocycles. The van der Waals surface area contributed by atoms with Gasteiger partial charge >= 0.3 is 0 Å². The summed E-state index contributed by atoms with van der Waals surface area (Å²) < 4.78 is 6.00. The number of allylic oxidation sites excluding steroid dienone is 1. The van der Waals surface area contributed by atoms with E-state index in [4.69, 9.17) is 4.74 Å². The third-order valence-corrected chi connectivity index (χ3v) is 3.88. The topological polar surface area (TPSA) is 38.3 Å². The second kappa shape index (κ2) is 3.87. The molecular formula is C15H17NO2. The van der Waals surface area contributed by atoms with Gasteiger partial charge in [-0.15, -0.1) is 0 Å². The number of hydrogen-bond acceptors (Lipinski definition) is 3. The lowest BCUT2D eigenvalue weighted by Gasteiger charge is -2.34. The molecule has 2 aliphatic rings. The van der Waals surface area contributed by atoms with Crippen LogP contribution in [-0.4, -0.2) is 17.9 Å². The zero-order valence-electron chi connectivity index (χ0n) is 10.9. The Hall–Kier alpha value is -1.77. The molecule has 0 aromatic heterocycles. The largest absolute Gasteiger partial charge is 0.487 e. The first-order chi connectivity index (χ1) is 8.59. The van der Waals surface area contributed by atoms with E-state index in [1.807, 2.05) is 25.1 Å². The quantitative estimate of drug-likeness (QED) is 0.823. The molecule has 0 spiro atoms. The highest BCUT2D eigenvalue weighted by Gasteiger charge is 2.44. The van der Waals surface area contributed by atoms with Crippen LogP contribution < -0.4 is 10.1 Å². The third-order valence-electron chi connectivity index (χ3n) is 3.88. The van der Waals surface area contributed by atoms with E-state index >= 15 is 0 Å². The fourth-order valence-electron chi connectivity index (χ4n) is 3.16. The SMILES string of the molecule is CC(=O)C1=C(C)N[C@H](C)[C@H]2Oc3ccccc3[C@@H]12. The first kappa shape index (κ1) is 11.3. The molecule has 0 fully saturated rings. The molecule has 1 aromatic rings. The summed E-state index contributed by atoms with van der Waals surface area (Å²) in [6, 6.07) is 8.23. The van der Waals surface area contributed by atoms with Crippen LogP contribution >= 0.6 is 0 Å². The van der Waals surface area contributed by atoms with Crippen molar-refractivity contribution in [1.82, 2.24) is 5.32 Å². The van der Waals surface area contributed by atoms with Crippen LogP contribution in [0.2, 0.25) is 0 Å². The number of carbonyl (C=O) groups excluding carboxylic acids is 1. The Kier molecular flexibility index (Phi) is 2.44. The molecule has 0 unspecified atom stereocenters. The predicted octanol–water partition coefficient (Wildman–Crippen LogP) is 2.39. The maximum absolute atomic E-state index is 11.9. The van der Waals surface area contributed by atoms with Crippen molar-refractivity contribution in [2.45, 2.75) is 38.8 Å². The van der Waals surface area contributed by atoms with E-state index in [-0.39, 0.29) is 23.8 Å². The number of nitrogens with one attached hydrogen (secondary N) is 1. The third kappa shape index (κ3) is 1.47. The minimum Gasteiger partial charge on any atom is -0.487 e. The molecular weight excluding hydrogens is 226 g/mol. The lowest BCUT2D eigenvalue weighted by Crippen LogP contribution is -2.47. The van der Waals surface area contributed by atoms with Gasteiger partial charge in [-0.1, -0.05) is 18.2 Å². The Labute approximate surface area is 107 Å². The number of ether oxygens (including phenoxy) is 1. The van der Waals surface area contributed by atoms with Crippen LogP contribution in [-0.2, 0) is 4.79 Å². The average Bonchev–Trinajstić information content (AvgIpc) is 2.69. The zero-order valence-corrected chi connectivity index (χ0v) is 10.9. The molecule has 1 N–H and O–H groups in total. The lowest BCUT2D eigenvalue weighted by molar-refractivity contribution is -0.114. The molecule has 3 atom stereocenters. The van der Waals surface area contributed by atoms with Crippen molar-refractivity contribution in [3.63, 3.8) is 0 Å². The summed E-state index contributed by atoms with van der Waals surface area (Å²) in [5, 5.41) is 3.35. The van der Waals surface area contributed by atoms with Crippen molar-refractivity contribution in [2.24, 2.45) is 0 Å². The fraction of sp³-hybridized carbons (Fsp3) is 0.400. The van der Waals surface area contributed by atoms with Gasteiger partial charge in [-0.3, -0.25) is 4.79 Å². The van der Waals surface area contributed by atoms with Crippen molar-refractivity contribution in [3.05, 3.63) is 41.1 Å². The second-order valence-corrected chi connectivity index (χ2v) is 5.13. The summed E-state index contributed by atoms with van der Waals surface area (Å²) in [7, 11) is 0. The number of benzene rings is 1. The molecule has 0 radical (unpaired) electrons. The van der Waals surface area contributed by atoms with Gasteiger partial charge < -0.3 is 10.1 Å². The first-order valence-corrected chi connectivity index (χ1v) is 6.33. The Morgan fingerprint density at radius 1 is 1.33 bits per heavy atom. The van der Waals surface area contributed by atoms with Crippen molar-refractivity contribution in [2.75, 3.05) is 0 Å². The van der Waals surface area contributed by atoms with Gasteiger partial charge in [-0.05, 0) is 26.8 Å². The average molecular weight is 243 g/mol. The highest BCUT2D eigenvalue weighted by atomic mass is 16.5. The van der Waals surface area contributed by atoms with E-state index in [0.29, 0.717) is 0 Å². The van der Waals surface area contributed by atoms with Crippen molar-refractivity contribution in [1.29, 1.82) is 0 Å². The van der Waals surface area contributed by atoms with E-state index in [2.05, 4.69) is 18.3 Å². The summed E-state index contributed by atoms with van der Waals surface area (Å²) >= 11 is 0. The predicted molar refractivity (Wildman–Crippen MR) is 69.6 cm³/mol. The Balaban J connectivity index is 2.17. The fourth-order valence-corrected chi connectivity index (χ4v) is 3.16. The normalized spacial score (nSPS) is 29.2. The van der Waals surface area contributed by atoms with E-state index in [0.717, 1.165) is 22.6 Å². The van der Waals surface area contributed by atoms with E-state index in [1.54, 1.807) is 6.92 Å². The Morgan fingerprint density at radius 3 is 2.78 bits per heavy atom. The van der Waals surface area contributed by atoms with Crippen LogP contribution in [0.3, 0.4) is 0 Å². The molecule has 0 aliphatic carbocycles. The lowest BCUT2D eigenvalue weighted by atomic mass is 9.80. The van der Waals surface area contributed by atoms with E-state index in [1.165, 1.54) is 0 Å². The van der Waals surface area contributed by atoms with Crippen LogP contribution in [0.4, 0.5) is 0 Å². The summed E-state index contributed by atoms with van der Waals surface area (Å²) in [5.74, 6) is 1.12. The number of hydrogen-bond donors (Lipinski definition) is 1. The van der Waals surface area contributed by atoms with Gasteiger partial charge in [-0.2, -0.15) is 0 Å². The van der Waals surface area contributed by atoms with Crippen LogP contribution in [0.15, 0.2) is 35.5 Å². The summed E-state index contributed by atoms with van der Waals surface area (Å²) in [5.41, 5.74) is 2.99. The van der Waals surface area contributed by atoms with E-state index in [9.17, 15) is 4.79 Å². The molecule has 18 heavy (non-hydrogen) atoms. The number of rotatable bonds is 1. The highest BCUT2D eigenvalue weighted by Crippen LogP contribution is 2.46. The molecule has 0 bridgehead atoms. The van der Waals surface area contributed by atoms with Gasteiger partial charge in [0.15, 0.2) is 5.78 Å². The number of carbonyl (C=O) groups is 1. The van der Waals surface area contributed by atoms with Crippen LogP contribution in [0.1, 0.15) is 32.3 Å². The first-order valence-electron chi connectivity index (χ1n) is 6.33. The molecule has 0 saturated carbocycles. The Bertz CT molecular complexity index is 547. The van der Waals surface area contributed by atoms with Gasteiger partial charge in [0, 0.05) is 16.8 Å². The van der Waals surface area contributed by atoms with Crippen molar-refractivity contribution in [3.8, 4) is 5.75 Å². The molecule has 0 amide bonds. The van der Waals surface area contributed by atoms with Crippen LogP contribution in [0, 0.1) is 0 Å². The zero-order chi connectivity index (χ0) is 12.9. The summed E-state index contributed by atoms with van der Waals surface area (Å²) in [4.78, 5) is 11.9. The molecule has 0 saturated heterocycles. The number of fused-ring (bicyclic) bond motifs is 3. The van der Waals surface area contributed by atoms with Crippen LogP contribution in [0.25, 0.3) is 0 Å². The molecule has 2 heterocycles. The monoisotopic (exact) mass is 243 g/mol. The van der Waals surface area contributed by atoms with E-state index < -0.39 is 0 Å². The number of ketones is 1. The Morgan fingerprint density at radius 2 is 2.06 bits per heavy atom. The standard InChI is InChI=1S/C15H17NO2/c1-8-13(10(3)17)14-11-6-4-5-7-12(11)18-15(14)9(2)16-8/h4-7,9,14-16H,1-3H3/t9-,14+,15-/m1/s1. The number of Topliss-reactive ketones (excluding diaryl/α,β-unsaturated/α-hetero) is 1. The van der Waals surface area contributed by atoms with Gasteiger partial charge in [0.2, 0.25) is 0 Å². The minimum atomic E-state index is 0.0185. The van der Waals surface area contributed by atoms with Gasteiger partial charge in [0.1, 0.15) is 11.9 Å². The highest BCUT2D eigenvalue weighted by molar-refractivity contribution is 5.96. The molecule has 1 aromatic carbocycles. The maximum Gasteiger partial charge on any atom is 0.158 e. The smallest absolute Gasteiger partial charge is 0.158 e. The summed E-state index contributed by atoms with van der Waals surface area (Å²) in [6.07, 6.45) is 0.0185. The van der Waals surface area contributed by atoms with Crippen molar-refractivity contribution < 1.29 is 9.53 Å². The molecule has 3 rings (SSSR count). The molecule has 3 nitrogen and oxygen atoms in total. The number of para-hydroxylation sites is 1. The minimum absolute atomic E-state index is 0.0185. The molecule has 94 valence electrons.